The van der Waals surface area contributed by atoms with Crippen molar-refractivity contribution in [1.29, 1.82) is 0 Å². The highest BCUT2D eigenvalue weighted by Gasteiger charge is 2.46. The molecule has 2 aromatic carbocycles. The molecule has 1 saturated carbocycles. The van der Waals surface area contributed by atoms with Crippen molar-refractivity contribution in [1.82, 2.24) is 5.43 Å². The van der Waals surface area contributed by atoms with Gasteiger partial charge in [-0.2, -0.15) is 5.10 Å². The SMILES string of the molecule is CC1(C)COc2ccc(/C=N/NC(=O)c3ccc4c(c3)OCC3(CC3)CO4)cc2OC1. The molecule has 162 valence electrons. The maximum Gasteiger partial charge on any atom is 0.271 e. The summed E-state index contributed by atoms with van der Waals surface area (Å²) in [5.41, 5.74) is 3.94. The van der Waals surface area contributed by atoms with Crippen molar-refractivity contribution in [3.8, 4) is 23.0 Å². The second-order valence-corrected chi connectivity index (χ2v) is 9.39. The summed E-state index contributed by atoms with van der Waals surface area (Å²) in [6.45, 7) is 6.66. The molecule has 0 unspecified atom stereocenters. The minimum absolute atomic E-state index is 0.0524. The van der Waals surface area contributed by atoms with E-state index >= 15 is 0 Å². The Morgan fingerprint density at radius 3 is 2.23 bits per heavy atom. The zero-order valence-corrected chi connectivity index (χ0v) is 17.8. The number of nitrogens with zero attached hydrogens (tertiary/aromatic N) is 1. The number of carbonyl (C=O) groups excluding carboxylic acids is 1. The fraction of sp³-hybridized carbons (Fsp3) is 0.417. The lowest BCUT2D eigenvalue weighted by Crippen LogP contribution is -2.26. The first-order chi connectivity index (χ1) is 14.9. The van der Waals surface area contributed by atoms with Crippen LogP contribution in [0, 0.1) is 10.8 Å². The Balaban J connectivity index is 1.23. The summed E-state index contributed by atoms with van der Waals surface area (Å²) in [5, 5.41) is 4.09. The number of hydrazone groups is 1. The van der Waals surface area contributed by atoms with E-state index in [9.17, 15) is 4.79 Å². The van der Waals surface area contributed by atoms with E-state index in [-0.39, 0.29) is 16.7 Å². The summed E-state index contributed by atoms with van der Waals surface area (Å²) in [5.74, 6) is 2.36. The van der Waals surface area contributed by atoms with Gasteiger partial charge in [-0.25, -0.2) is 5.43 Å². The monoisotopic (exact) mass is 422 g/mol. The highest BCUT2D eigenvalue weighted by molar-refractivity contribution is 5.95. The number of benzene rings is 2. The third kappa shape index (κ3) is 4.31. The smallest absolute Gasteiger partial charge is 0.271 e. The van der Waals surface area contributed by atoms with Gasteiger partial charge in [0.05, 0.1) is 32.6 Å². The van der Waals surface area contributed by atoms with Crippen molar-refractivity contribution in [3.05, 3.63) is 47.5 Å². The number of nitrogens with one attached hydrogen (secondary N) is 1. The highest BCUT2D eigenvalue weighted by atomic mass is 16.5. The third-order valence-electron chi connectivity index (χ3n) is 5.82. The first kappa shape index (κ1) is 19.7. The zero-order valence-electron chi connectivity index (χ0n) is 17.8. The summed E-state index contributed by atoms with van der Waals surface area (Å²) >= 11 is 0. The second kappa shape index (κ2) is 7.48. The van der Waals surface area contributed by atoms with Gasteiger partial charge in [-0.3, -0.25) is 4.79 Å². The zero-order chi connectivity index (χ0) is 21.5. The Morgan fingerprint density at radius 1 is 0.871 bits per heavy atom. The van der Waals surface area contributed by atoms with Gasteiger partial charge in [0, 0.05) is 16.4 Å². The van der Waals surface area contributed by atoms with Crippen LogP contribution in [-0.2, 0) is 0 Å². The number of hydrogen-bond donors (Lipinski definition) is 1. The quantitative estimate of drug-likeness (QED) is 0.601. The standard InChI is InChI=1S/C24H26N2O5/c1-23(2)12-28-18-5-3-16(9-20(18)29-13-23)11-25-26-22(27)17-4-6-19-21(10-17)31-15-24(7-8-24)14-30-19/h3-6,9-11H,7-8,12-15H2,1-2H3,(H,26,27)/b25-11+. The lowest BCUT2D eigenvalue weighted by Gasteiger charge is -2.19. The summed E-state index contributed by atoms with van der Waals surface area (Å²) in [4.78, 5) is 12.5. The van der Waals surface area contributed by atoms with Crippen LogP contribution in [0.3, 0.4) is 0 Å². The molecule has 5 rings (SSSR count). The molecule has 0 atom stereocenters. The fourth-order valence-corrected chi connectivity index (χ4v) is 3.51. The van der Waals surface area contributed by atoms with E-state index in [1.807, 2.05) is 18.2 Å². The molecule has 1 aliphatic carbocycles. The maximum atomic E-state index is 12.5. The lowest BCUT2D eigenvalue weighted by atomic mass is 9.97. The summed E-state index contributed by atoms with van der Waals surface area (Å²) in [7, 11) is 0. The molecule has 7 nitrogen and oxygen atoms in total. The summed E-state index contributed by atoms with van der Waals surface area (Å²) in [6, 6.07) is 10.8. The van der Waals surface area contributed by atoms with Gasteiger partial charge in [0.2, 0.25) is 0 Å². The molecule has 0 bridgehead atoms. The van der Waals surface area contributed by atoms with Gasteiger partial charge in [-0.1, -0.05) is 13.8 Å². The average Bonchev–Trinajstić information content (AvgIpc) is 3.58. The third-order valence-corrected chi connectivity index (χ3v) is 5.82. The molecule has 2 aliphatic heterocycles. The van der Waals surface area contributed by atoms with E-state index in [1.54, 1.807) is 24.4 Å². The van der Waals surface area contributed by atoms with Crippen molar-refractivity contribution >= 4 is 12.1 Å². The van der Waals surface area contributed by atoms with E-state index in [0.717, 1.165) is 18.4 Å². The molecule has 1 N–H and O–H groups in total. The predicted molar refractivity (Wildman–Crippen MR) is 115 cm³/mol. The van der Waals surface area contributed by atoms with Crippen LogP contribution in [0.15, 0.2) is 41.5 Å². The van der Waals surface area contributed by atoms with Crippen molar-refractivity contribution in [2.45, 2.75) is 26.7 Å². The van der Waals surface area contributed by atoms with Gasteiger partial charge in [0.1, 0.15) is 0 Å². The first-order valence-electron chi connectivity index (χ1n) is 10.5. The van der Waals surface area contributed by atoms with Crippen LogP contribution in [0.4, 0.5) is 0 Å². The van der Waals surface area contributed by atoms with Crippen LogP contribution in [0.5, 0.6) is 23.0 Å². The Morgan fingerprint density at radius 2 is 1.48 bits per heavy atom. The fourth-order valence-electron chi connectivity index (χ4n) is 3.51. The molecule has 7 heteroatoms. The van der Waals surface area contributed by atoms with Gasteiger partial charge >= 0.3 is 0 Å². The molecule has 1 spiro atoms. The van der Waals surface area contributed by atoms with Gasteiger partial charge < -0.3 is 18.9 Å². The van der Waals surface area contributed by atoms with Crippen LogP contribution in [0.25, 0.3) is 0 Å². The number of ether oxygens (including phenoxy) is 4. The van der Waals surface area contributed by atoms with E-state index in [4.69, 9.17) is 18.9 Å². The molecule has 2 heterocycles. The molecule has 0 radical (unpaired) electrons. The molecular formula is C24H26N2O5. The maximum absolute atomic E-state index is 12.5. The van der Waals surface area contributed by atoms with E-state index in [0.29, 0.717) is 55.0 Å². The van der Waals surface area contributed by atoms with E-state index < -0.39 is 0 Å². The van der Waals surface area contributed by atoms with Gasteiger partial charge in [-0.05, 0) is 54.8 Å². The van der Waals surface area contributed by atoms with E-state index in [1.165, 1.54) is 0 Å². The number of carbonyl (C=O) groups is 1. The van der Waals surface area contributed by atoms with Crippen LogP contribution in [0.1, 0.15) is 42.6 Å². The first-order valence-corrected chi connectivity index (χ1v) is 10.5. The molecule has 0 saturated heterocycles. The van der Waals surface area contributed by atoms with Crippen molar-refractivity contribution in [2.24, 2.45) is 15.9 Å². The lowest BCUT2D eigenvalue weighted by molar-refractivity contribution is 0.0954. The minimum atomic E-state index is -0.316. The average molecular weight is 422 g/mol. The highest BCUT2D eigenvalue weighted by Crippen LogP contribution is 2.49. The van der Waals surface area contributed by atoms with Crippen LogP contribution >= 0.6 is 0 Å². The number of rotatable bonds is 3. The number of fused-ring (bicyclic) bond motifs is 2. The van der Waals surface area contributed by atoms with Crippen molar-refractivity contribution in [3.63, 3.8) is 0 Å². The Hall–Kier alpha value is -3.22. The molecule has 1 amide bonds. The molecule has 2 aromatic rings. The molecule has 31 heavy (non-hydrogen) atoms. The van der Waals surface area contributed by atoms with Gasteiger partial charge in [-0.15, -0.1) is 0 Å². The normalized spacial score (nSPS) is 20.1. The number of amides is 1. The molecule has 3 aliphatic rings. The molecule has 1 fully saturated rings. The van der Waals surface area contributed by atoms with Crippen molar-refractivity contribution in [2.75, 3.05) is 26.4 Å². The Labute approximate surface area is 181 Å². The summed E-state index contributed by atoms with van der Waals surface area (Å²) in [6.07, 6.45) is 3.83. The van der Waals surface area contributed by atoms with Gasteiger partial charge in [0.25, 0.3) is 5.91 Å². The summed E-state index contributed by atoms with van der Waals surface area (Å²) < 4.78 is 23.5. The predicted octanol–water partition coefficient (Wildman–Crippen LogP) is 3.80. The Bertz CT molecular complexity index is 1040. The van der Waals surface area contributed by atoms with Crippen molar-refractivity contribution < 1.29 is 23.7 Å². The minimum Gasteiger partial charge on any atom is -0.489 e. The topological polar surface area (TPSA) is 78.4 Å². The second-order valence-electron chi connectivity index (χ2n) is 9.39. The number of hydrogen-bond acceptors (Lipinski definition) is 6. The molecular weight excluding hydrogens is 396 g/mol. The van der Waals surface area contributed by atoms with Gasteiger partial charge in [0.15, 0.2) is 23.0 Å². The van der Waals surface area contributed by atoms with E-state index in [2.05, 4.69) is 24.4 Å². The molecule has 0 aromatic heterocycles. The largest absolute Gasteiger partial charge is 0.489 e. The Kier molecular flexibility index (Phi) is 4.76. The van der Waals surface area contributed by atoms with Crippen LogP contribution in [0.2, 0.25) is 0 Å². The van der Waals surface area contributed by atoms with Crippen LogP contribution in [-0.4, -0.2) is 38.5 Å². The van der Waals surface area contributed by atoms with Crippen LogP contribution < -0.4 is 24.4 Å².